The number of aromatic nitrogens is 5. The summed E-state index contributed by atoms with van der Waals surface area (Å²) in [6.07, 6.45) is 3.43. The number of H-pyrrole nitrogens is 1. The molecule has 1 unspecified atom stereocenters. The van der Waals surface area contributed by atoms with E-state index in [1.54, 1.807) is 30.6 Å². The Kier molecular flexibility index (Phi) is 5.02. The van der Waals surface area contributed by atoms with E-state index in [-0.39, 0.29) is 17.8 Å². The first-order chi connectivity index (χ1) is 14.1. The number of anilines is 4. The van der Waals surface area contributed by atoms with E-state index >= 15 is 0 Å². The number of halogens is 1. The highest BCUT2D eigenvalue weighted by atomic mass is 19.1. The normalized spacial score (nSPS) is 11.8. The number of nitrogens with one attached hydrogen (secondary N) is 3. The van der Waals surface area contributed by atoms with Crippen molar-refractivity contribution in [1.82, 2.24) is 25.1 Å². The fourth-order valence-corrected chi connectivity index (χ4v) is 2.86. The van der Waals surface area contributed by atoms with Crippen molar-refractivity contribution < 1.29 is 4.39 Å². The summed E-state index contributed by atoms with van der Waals surface area (Å²) in [5.41, 5.74) is 8.60. The van der Waals surface area contributed by atoms with Gasteiger partial charge in [0.2, 0.25) is 5.95 Å². The molecule has 8 nitrogen and oxygen atoms in total. The quantitative estimate of drug-likeness (QED) is 0.394. The minimum absolute atomic E-state index is 0.0959. The molecule has 4 aromatic rings. The Morgan fingerprint density at radius 2 is 1.69 bits per heavy atom. The maximum atomic E-state index is 13.1. The van der Waals surface area contributed by atoms with Crippen molar-refractivity contribution in [3.63, 3.8) is 0 Å². The second-order valence-electron chi connectivity index (χ2n) is 6.44. The lowest BCUT2D eigenvalue weighted by Crippen LogP contribution is -2.10. The van der Waals surface area contributed by atoms with Gasteiger partial charge in [-0.3, -0.25) is 10.1 Å². The molecule has 0 spiro atoms. The van der Waals surface area contributed by atoms with Crippen LogP contribution < -0.4 is 16.4 Å². The van der Waals surface area contributed by atoms with E-state index in [1.165, 1.54) is 12.1 Å². The minimum atomic E-state index is -0.274. The number of nitrogens with zero attached hydrogens (tertiary/aromatic N) is 4. The van der Waals surface area contributed by atoms with Gasteiger partial charge >= 0.3 is 0 Å². The summed E-state index contributed by atoms with van der Waals surface area (Å²) in [6.45, 7) is 1.95. The molecule has 9 heteroatoms. The third kappa shape index (κ3) is 4.46. The minimum Gasteiger partial charge on any atom is -0.368 e. The Morgan fingerprint density at radius 1 is 0.966 bits per heavy atom. The number of pyridine rings is 1. The van der Waals surface area contributed by atoms with Crippen molar-refractivity contribution >= 4 is 23.4 Å². The van der Waals surface area contributed by atoms with Gasteiger partial charge < -0.3 is 16.4 Å². The van der Waals surface area contributed by atoms with Crippen LogP contribution in [0.4, 0.5) is 27.8 Å². The Balaban J connectivity index is 1.50. The van der Waals surface area contributed by atoms with Crippen molar-refractivity contribution in [3.05, 3.63) is 72.3 Å². The highest BCUT2D eigenvalue weighted by Crippen LogP contribution is 2.24. The summed E-state index contributed by atoms with van der Waals surface area (Å²) in [5.74, 6) is 1.48. The molecule has 0 saturated heterocycles. The van der Waals surface area contributed by atoms with Gasteiger partial charge in [-0.15, -0.1) is 0 Å². The zero-order valence-corrected chi connectivity index (χ0v) is 15.6. The number of nitrogen functional groups attached to an aromatic ring is 1. The lowest BCUT2D eigenvalue weighted by atomic mass is 10.1. The molecule has 3 aromatic heterocycles. The summed E-state index contributed by atoms with van der Waals surface area (Å²) < 4.78 is 13.1. The summed E-state index contributed by atoms with van der Waals surface area (Å²) >= 11 is 0. The molecule has 3 heterocycles. The number of benzene rings is 1. The van der Waals surface area contributed by atoms with Crippen LogP contribution >= 0.6 is 0 Å². The van der Waals surface area contributed by atoms with E-state index < -0.39 is 0 Å². The molecule has 0 bridgehead atoms. The highest BCUT2D eigenvalue weighted by molar-refractivity contribution is 5.65. The fraction of sp³-hybridized carbons (Fsp3) is 0.100. The van der Waals surface area contributed by atoms with E-state index in [9.17, 15) is 4.39 Å². The molecule has 0 aliphatic heterocycles. The monoisotopic (exact) mass is 390 g/mol. The van der Waals surface area contributed by atoms with Gasteiger partial charge in [-0.05, 0) is 36.8 Å². The summed E-state index contributed by atoms with van der Waals surface area (Å²) in [5, 5.41) is 13.6. The highest BCUT2D eigenvalue weighted by Gasteiger charge is 2.10. The second-order valence-corrected chi connectivity index (χ2v) is 6.44. The van der Waals surface area contributed by atoms with Crippen LogP contribution in [0.15, 0.2) is 60.9 Å². The maximum Gasteiger partial charge on any atom is 0.223 e. The maximum absolute atomic E-state index is 13.1. The third-order valence-corrected chi connectivity index (χ3v) is 4.30. The van der Waals surface area contributed by atoms with E-state index in [0.29, 0.717) is 17.5 Å². The van der Waals surface area contributed by atoms with Gasteiger partial charge in [0, 0.05) is 36.1 Å². The average Bonchev–Trinajstić information content (AvgIpc) is 3.17. The molecule has 1 aromatic carbocycles. The van der Waals surface area contributed by atoms with Gasteiger partial charge in [0.05, 0.1) is 5.69 Å². The number of hydrogen-bond acceptors (Lipinski definition) is 7. The van der Waals surface area contributed by atoms with Crippen LogP contribution in [-0.4, -0.2) is 25.1 Å². The zero-order chi connectivity index (χ0) is 20.2. The number of aromatic amines is 1. The van der Waals surface area contributed by atoms with Crippen LogP contribution in [-0.2, 0) is 0 Å². The lowest BCUT2D eigenvalue weighted by Gasteiger charge is -2.16. The third-order valence-electron chi connectivity index (χ3n) is 4.30. The Morgan fingerprint density at radius 3 is 2.45 bits per heavy atom. The first-order valence-electron chi connectivity index (χ1n) is 8.96. The van der Waals surface area contributed by atoms with Crippen LogP contribution in [0, 0.1) is 5.82 Å². The molecule has 1 atom stereocenters. The number of rotatable bonds is 6. The molecular weight excluding hydrogens is 371 g/mol. The SMILES string of the molecule is CC(Nc1cc(Nc2cc(-c3ccncc3)[nH]n2)nc(N)n1)c1ccc(F)cc1. The standard InChI is InChI=1S/C20H19FN8/c1-12(13-2-4-15(21)5-3-13)24-17-11-18(27-20(22)26-17)25-19-10-16(28-29-19)14-6-8-23-9-7-14/h2-12H,1H3,(H5,22,24,25,26,27,28,29). The Bertz CT molecular complexity index is 1100. The van der Waals surface area contributed by atoms with E-state index in [2.05, 4.69) is 35.8 Å². The topological polar surface area (TPSA) is 117 Å². The van der Waals surface area contributed by atoms with Crippen LogP contribution in [0.2, 0.25) is 0 Å². The number of nitrogens with two attached hydrogens (primary N) is 1. The Hall–Kier alpha value is -4.01. The summed E-state index contributed by atoms with van der Waals surface area (Å²) in [4.78, 5) is 12.4. The molecule has 5 N–H and O–H groups in total. The van der Waals surface area contributed by atoms with Crippen LogP contribution in [0.3, 0.4) is 0 Å². The molecule has 29 heavy (non-hydrogen) atoms. The van der Waals surface area contributed by atoms with Crippen LogP contribution in [0.5, 0.6) is 0 Å². The molecule has 0 amide bonds. The molecular formula is C20H19FN8. The van der Waals surface area contributed by atoms with Crippen molar-refractivity contribution in [2.75, 3.05) is 16.4 Å². The fourth-order valence-electron chi connectivity index (χ4n) is 2.86. The molecule has 0 aliphatic carbocycles. The summed E-state index contributed by atoms with van der Waals surface area (Å²) in [6, 6.07) is 13.6. The molecule has 0 aliphatic rings. The first-order valence-corrected chi connectivity index (χ1v) is 8.96. The van der Waals surface area contributed by atoms with Gasteiger partial charge in [0.25, 0.3) is 0 Å². The molecule has 0 saturated carbocycles. The Labute approximate surface area is 166 Å². The molecule has 146 valence electrons. The van der Waals surface area contributed by atoms with Crippen molar-refractivity contribution in [3.8, 4) is 11.3 Å². The van der Waals surface area contributed by atoms with Crippen molar-refractivity contribution in [2.24, 2.45) is 0 Å². The first kappa shape index (κ1) is 18.4. The van der Waals surface area contributed by atoms with Gasteiger partial charge in [-0.25, -0.2) is 4.39 Å². The molecule has 0 radical (unpaired) electrons. The van der Waals surface area contributed by atoms with E-state index in [4.69, 9.17) is 5.73 Å². The average molecular weight is 390 g/mol. The molecule has 4 rings (SSSR count). The van der Waals surface area contributed by atoms with Gasteiger partial charge in [0.15, 0.2) is 5.82 Å². The lowest BCUT2D eigenvalue weighted by molar-refractivity contribution is 0.626. The zero-order valence-electron chi connectivity index (χ0n) is 15.6. The van der Waals surface area contributed by atoms with E-state index in [1.807, 2.05) is 25.1 Å². The van der Waals surface area contributed by atoms with Crippen molar-refractivity contribution in [1.29, 1.82) is 0 Å². The van der Waals surface area contributed by atoms with Crippen LogP contribution in [0.25, 0.3) is 11.3 Å². The van der Waals surface area contributed by atoms with Gasteiger partial charge in [0.1, 0.15) is 17.5 Å². The smallest absolute Gasteiger partial charge is 0.223 e. The van der Waals surface area contributed by atoms with Crippen LogP contribution in [0.1, 0.15) is 18.5 Å². The largest absolute Gasteiger partial charge is 0.368 e. The van der Waals surface area contributed by atoms with Crippen molar-refractivity contribution in [2.45, 2.75) is 13.0 Å². The number of hydrogen-bond donors (Lipinski definition) is 4. The van der Waals surface area contributed by atoms with E-state index in [0.717, 1.165) is 16.8 Å². The second kappa shape index (κ2) is 7.93. The van der Waals surface area contributed by atoms with Gasteiger partial charge in [-0.2, -0.15) is 15.1 Å². The molecule has 0 fully saturated rings. The van der Waals surface area contributed by atoms with Gasteiger partial charge in [-0.1, -0.05) is 12.1 Å². The predicted molar refractivity (Wildman–Crippen MR) is 110 cm³/mol. The summed E-state index contributed by atoms with van der Waals surface area (Å²) in [7, 11) is 0. The predicted octanol–water partition coefficient (Wildman–Crippen LogP) is 3.90.